The Morgan fingerprint density at radius 2 is 1.71 bits per heavy atom. The molecular weight excluding hydrogens is 336 g/mol. The van der Waals surface area contributed by atoms with Crippen molar-refractivity contribution < 1.29 is 18.4 Å². The predicted molar refractivity (Wildman–Crippen MR) is 84.0 cm³/mol. The fraction of sp³-hybridized carbons (Fsp3) is 0. The molecule has 0 radical (unpaired) electrons. The number of carbonyl (C=O) groups excluding carboxylic acids is 1. The van der Waals surface area contributed by atoms with Crippen molar-refractivity contribution in [2.24, 2.45) is 0 Å². The van der Waals surface area contributed by atoms with Gasteiger partial charge in [-0.05, 0) is 18.2 Å². The number of carbonyl (C=O) groups is 1. The van der Waals surface area contributed by atoms with Crippen molar-refractivity contribution in [2.75, 3.05) is 0 Å². The number of hydrogen-bond acceptors (Lipinski definition) is 6. The first-order chi connectivity index (χ1) is 11.3. The lowest BCUT2D eigenvalue weighted by atomic mass is 10.2. The van der Waals surface area contributed by atoms with Gasteiger partial charge < -0.3 is 10.2 Å². The summed E-state index contributed by atoms with van der Waals surface area (Å²) in [5, 5.41) is 8.07. The van der Waals surface area contributed by atoms with Gasteiger partial charge in [0.1, 0.15) is 0 Å². The average Bonchev–Trinajstić information content (AvgIpc) is 2.59. The summed E-state index contributed by atoms with van der Waals surface area (Å²) in [6.07, 6.45) is 0. The third-order valence-corrected chi connectivity index (χ3v) is 5.01. The molecule has 0 bridgehead atoms. The van der Waals surface area contributed by atoms with Gasteiger partial charge in [-0.3, -0.25) is 9.59 Å². The van der Waals surface area contributed by atoms with Gasteiger partial charge in [-0.25, -0.2) is 13.2 Å². The third-order valence-electron chi connectivity index (χ3n) is 3.41. The van der Waals surface area contributed by atoms with Crippen molar-refractivity contribution in [2.45, 2.75) is 4.90 Å². The van der Waals surface area contributed by atoms with E-state index in [1.54, 1.807) is 6.07 Å². The molecule has 3 rings (SSSR count). The van der Waals surface area contributed by atoms with Crippen LogP contribution >= 0.6 is 0 Å². The van der Waals surface area contributed by atoms with Gasteiger partial charge in [0.25, 0.3) is 10.7 Å². The molecule has 1 heterocycles. The molecule has 0 aliphatic carbocycles. The molecule has 0 atom stereocenters. The molecule has 0 aliphatic rings. The zero-order chi connectivity index (χ0) is 17.5. The van der Waals surface area contributed by atoms with Crippen LogP contribution in [0, 0.1) is 0 Å². The summed E-state index contributed by atoms with van der Waals surface area (Å²) in [6, 6.07) is 10.6. The Hall–Kier alpha value is -3.20. The summed E-state index contributed by atoms with van der Waals surface area (Å²) in [6.45, 7) is 0. The van der Waals surface area contributed by atoms with Crippen LogP contribution in [-0.2, 0) is 9.84 Å². The van der Waals surface area contributed by atoms with Gasteiger partial charge in [-0.15, -0.1) is 0 Å². The summed E-state index contributed by atoms with van der Waals surface area (Å²) >= 11 is 0. The van der Waals surface area contributed by atoms with Crippen LogP contribution in [0.1, 0.15) is 10.4 Å². The van der Waals surface area contributed by atoms with Crippen molar-refractivity contribution in [3.63, 3.8) is 0 Å². The highest BCUT2D eigenvalue weighted by Gasteiger charge is 2.26. The van der Waals surface area contributed by atoms with E-state index in [2.05, 4.69) is 4.98 Å². The van der Waals surface area contributed by atoms with Crippen LogP contribution in [0.25, 0.3) is 10.9 Å². The number of hydrogen-bond donors (Lipinski definition) is 2. The number of nitrogens with zero attached hydrogens (tertiary/aromatic N) is 1. The van der Waals surface area contributed by atoms with E-state index in [0.29, 0.717) is 0 Å². The number of nitrogens with one attached hydrogen (secondary N) is 1. The van der Waals surface area contributed by atoms with Gasteiger partial charge in [0.2, 0.25) is 9.84 Å². The Kier molecular flexibility index (Phi) is 3.57. The molecule has 1 aromatic heterocycles. The summed E-state index contributed by atoms with van der Waals surface area (Å²) in [7, 11) is -4.35. The number of benzene rings is 2. The molecule has 2 N–H and O–H groups in total. The van der Waals surface area contributed by atoms with E-state index in [0.717, 1.165) is 18.2 Å². The Labute approximate surface area is 134 Å². The summed E-state index contributed by atoms with van der Waals surface area (Å²) in [4.78, 5) is 37.2. The highest BCUT2D eigenvalue weighted by molar-refractivity contribution is 8.06. The summed E-state index contributed by atoms with van der Waals surface area (Å²) < 4.78 is 24.8. The number of fused-ring (bicyclic) bond motifs is 1. The van der Waals surface area contributed by atoms with Crippen LogP contribution in [0.2, 0.25) is 0 Å². The second-order valence-corrected chi connectivity index (χ2v) is 6.76. The number of aromatic amines is 1. The van der Waals surface area contributed by atoms with Crippen LogP contribution in [0.5, 0.6) is 0 Å². The molecule has 3 aromatic rings. The highest BCUT2D eigenvalue weighted by atomic mass is 32.2. The largest absolute Gasteiger partial charge is 0.421 e. The van der Waals surface area contributed by atoms with E-state index in [1.807, 2.05) is 0 Å². The van der Waals surface area contributed by atoms with E-state index in [-0.39, 0.29) is 26.1 Å². The first-order valence-corrected chi connectivity index (χ1v) is 8.13. The maximum atomic E-state index is 12.4. The van der Waals surface area contributed by atoms with Crippen molar-refractivity contribution in [1.29, 1.82) is 0 Å². The molecular formula is C15H10N2O6S. The van der Waals surface area contributed by atoms with Crippen LogP contribution in [-0.4, -0.2) is 28.5 Å². The third kappa shape index (κ3) is 2.40. The van der Waals surface area contributed by atoms with E-state index < -0.39 is 26.2 Å². The Morgan fingerprint density at radius 1 is 1.04 bits per heavy atom. The minimum atomic E-state index is -4.35. The molecule has 0 unspecified atom stereocenters. The van der Waals surface area contributed by atoms with Gasteiger partial charge in [0.05, 0.1) is 15.8 Å². The Bertz CT molecular complexity index is 1180. The maximum absolute atomic E-state index is 12.4. The highest BCUT2D eigenvalue weighted by Crippen LogP contribution is 2.19. The molecule has 24 heavy (non-hydrogen) atoms. The van der Waals surface area contributed by atoms with Gasteiger partial charge in [-0.2, -0.15) is 0 Å². The second-order valence-electron chi connectivity index (χ2n) is 4.91. The van der Waals surface area contributed by atoms with E-state index in [9.17, 15) is 28.0 Å². The first-order valence-electron chi connectivity index (χ1n) is 6.65. The second kappa shape index (κ2) is 5.46. The van der Waals surface area contributed by atoms with Gasteiger partial charge >= 0.3 is 5.69 Å². The van der Waals surface area contributed by atoms with E-state index in [1.165, 1.54) is 24.3 Å². The smallest absolute Gasteiger partial charge is 0.362 e. The molecule has 0 saturated heterocycles. The topological polar surface area (TPSA) is 126 Å². The standard InChI is InChI=1S/C15H10N2O6S/c18-13-11-7-6-10(8-12(11)16-15(20)17(13)21)24(22,23)14(19)9-4-2-1-3-5-9/h1-8,21H,(H,16,20). The lowest BCUT2D eigenvalue weighted by Gasteiger charge is -2.05. The predicted octanol–water partition coefficient (Wildman–Crippen LogP) is 0.541. The number of sulfone groups is 1. The number of H-pyrrole nitrogens is 1. The molecule has 9 heteroatoms. The molecule has 0 spiro atoms. The zero-order valence-corrected chi connectivity index (χ0v) is 12.8. The zero-order valence-electron chi connectivity index (χ0n) is 12.0. The summed E-state index contributed by atoms with van der Waals surface area (Å²) in [5.41, 5.74) is -2.21. The number of aromatic nitrogens is 2. The maximum Gasteiger partial charge on any atom is 0.362 e. The molecule has 8 nitrogen and oxygen atoms in total. The van der Waals surface area contributed by atoms with Crippen LogP contribution < -0.4 is 11.2 Å². The van der Waals surface area contributed by atoms with Crippen LogP contribution in [0.15, 0.2) is 63.0 Å². The number of rotatable bonds is 2. The molecule has 0 fully saturated rings. The lowest BCUT2D eigenvalue weighted by molar-refractivity contribution is 0.107. The molecule has 0 aliphatic heterocycles. The summed E-state index contributed by atoms with van der Waals surface area (Å²) in [5.74, 6) is 0. The van der Waals surface area contributed by atoms with Crippen molar-refractivity contribution in [3.05, 3.63) is 74.9 Å². The lowest BCUT2D eigenvalue weighted by Crippen LogP contribution is -2.33. The van der Waals surface area contributed by atoms with Gasteiger partial charge in [0, 0.05) is 5.56 Å². The fourth-order valence-corrected chi connectivity index (χ4v) is 3.37. The van der Waals surface area contributed by atoms with Crippen LogP contribution in [0.4, 0.5) is 0 Å². The van der Waals surface area contributed by atoms with Crippen molar-refractivity contribution >= 4 is 25.9 Å². The molecule has 2 aromatic carbocycles. The minimum Gasteiger partial charge on any atom is -0.421 e. The van der Waals surface area contributed by atoms with Gasteiger partial charge in [-0.1, -0.05) is 35.1 Å². The first kappa shape index (κ1) is 15.7. The molecule has 122 valence electrons. The Morgan fingerprint density at radius 3 is 2.38 bits per heavy atom. The minimum absolute atomic E-state index is 0.00290. The van der Waals surface area contributed by atoms with Crippen molar-refractivity contribution in [1.82, 2.24) is 9.71 Å². The van der Waals surface area contributed by atoms with Crippen molar-refractivity contribution in [3.8, 4) is 0 Å². The monoisotopic (exact) mass is 346 g/mol. The Balaban J connectivity index is 2.19. The molecule has 0 amide bonds. The quantitative estimate of drug-likeness (QED) is 0.652. The normalized spacial score (nSPS) is 11.5. The SMILES string of the molecule is O=C(c1ccccc1)S(=O)(=O)c1ccc2c(=O)n(O)c(=O)[nH]c2c1. The molecule has 0 saturated carbocycles. The van der Waals surface area contributed by atoms with Gasteiger partial charge in [0.15, 0.2) is 0 Å². The fourth-order valence-electron chi connectivity index (χ4n) is 2.19. The average molecular weight is 346 g/mol. The van der Waals surface area contributed by atoms with Crippen LogP contribution in [0.3, 0.4) is 0 Å². The van der Waals surface area contributed by atoms with E-state index >= 15 is 0 Å². The van der Waals surface area contributed by atoms with E-state index in [4.69, 9.17) is 0 Å².